The molecular formula is C32H35FN6O3S. The summed E-state index contributed by atoms with van der Waals surface area (Å²) in [5.74, 6) is -0.153. The summed E-state index contributed by atoms with van der Waals surface area (Å²) in [7, 11) is 2.13. The summed E-state index contributed by atoms with van der Waals surface area (Å²) in [6.07, 6.45) is 4.03. The minimum atomic E-state index is -0.662. The Hall–Kier alpha value is -3.93. The molecule has 1 aliphatic heterocycles. The maximum Gasteiger partial charge on any atom is 0.287 e. The Balaban J connectivity index is 1.21. The van der Waals surface area contributed by atoms with E-state index in [-0.39, 0.29) is 28.0 Å². The van der Waals surface area contributed by atoms with E-state index in [2.05, 4.69) is 37.8 Å². The molecule has 3 aromatic heterocycles. The molecule has 43 heavy (non-hydrogen) atoms. The summed E-state index contributed by atoms with van der Waals surface area (Å²) in [6, 6.07) is 10.3. The lowest BCUT2D eigenvalue weighted by Gasteiger charge is -2.29. The lowest BCUT2D eigenvalue weighted by molar-refractivity contribution is 0.0665. The molecule has 224 valence electrons. The van der Waals surface area contributed by atoms with E-state index in [0.29, 0.717) is 28.6 Å². The molecule has 0 saturated carbocycles. The van der Waals surface area contributed by atoms with Crippen LogP contribution in [-0.4, -0.2) is 51.2 Å². The van der Waals surface area contributed by atoms with Gasteiger partial charge in [0.25, 0.3) is 11.5 Å². The van der Waals surface area contributed by atoms with Gasteiger partial charge in [-0.05, 0) is 98.6 Å². The summed E-state index contributed by atoms with van der Waals surface area (Å²) >= 11 is 1.32. The van der Waals surface area contributed by atoms with Crippen molar-refractivity contribution in [2.45, 2.75) is 52.1 Å². The molecule has 2 aliphatic rings. The highest BCUT2D eigenvalue weighted by atomic mass is 32.1. The van der Waals surface area contributed by atoms with Crippen LogP contribution in [0.3, 0.4) is 0 Å². The van der Waals surface area contributed by atoms with Gasteiger partial charge in [-0.25, -0.2) is 14.5 Å². The van der Waals surface area contributed by atoms with Crippen molar-refractivity contribution in [1.29, 1.82) is 0 Å². The number of halogens is 1. The first-order valence-electron chi connectivity index (χ1n) is 14.4. The number of aliphatic hydroxyl groups excluding tert-OH is 1. The number of nitrogens with one attached hydrogen (secondary N) is 3. The van der Waals surface area contributed by atoms with Gasteiger partial charge < -0.3 is 20.6 Å². The lowest BCUT2D eigenvalue weighted by Crippen LogP contribution is -2.29. The van der Waals surface area contributed by atoms with Gasteiger partial charge in [-0.1, -0.05) is 26.0 Å². The number of carbonyl (C=O) groups is 1. The molecule has 0 radical (unpaired) electrons. The molecule has 1 amide bonds. The van der Waals surface area contributed by atoms with Gasteiger partial charge in [-0.2, -0.15) is 5.10 Å². The van der Waals surface area contributed by atoms with Gasteiger partial charge in [0.2, 0.25) is 0 Å². The van der Waals surface area contributed by atoms with E-state index < -0.39 is 23.4 Å². The van der Waals surface area contributed by atoms with Crippen molar-refractivity contribution in [3.05, 3.63) is 85.2 Å². The van der Waals surface area contributed by atoms with Crippen molar-refractivity contribution in [1.82, 2.24) is 20.1 Å². The fourth-order valence-electron chi connectivity index (χ4n) is 5.89. The van der Waals surface area contributed by atoms with Crippen molar-refractivity contribution in [3.63, 3.8) is 0 Å². The van der Waals surface area contributed by atoms with Crippen LogP contribution < -0.4 is 16.2 Å². The number of benzene rings is 1. The number of fused-ring (bicyclic) bond motifs is 1. The molecule has 1 saturated heterocycles. The average Bonchev–Trinajstić information content (AvgIpc) is 3.48. The van der Waals surface area contributed by atoms with Crippen LogP contribution >= 0.6 is 11.3 Å². The molecule has 11 heteroatoms. The molecule has 0 spiro atoms. The number of aryl methyl sites for hydroxylation is 1. The second kappa shape index (κ2) is 11.3. The summed E-state index contributed by atoms with van der Waals surface area (Å²) in [6.45, 7) is 7.79. The van der Waals surface area contributed by atoms with Crippen molar-refractivity contribution in [2.24, 2.45) is 5.41 Å². The summed E-state index contributed by atoms with van der Waals surface area (Å²) in [5.41, 5.74) is 2.24. The molecule has 6 rings (SSSR count). The number of H-pyrrole nitrogens is 1. The Morgan fingerprint density at radius 3 is 2.65 bits per heavy atom. The number of carbonyl (C=O) groups excluding carboxylic acids is 1. The van der Waals surface area contributed by atoms with E-state index in [0.717, 1.165) is 36.4 Å². The van der Waals surface area contributed by atoms with E-state index in [1.165, 1.54) is 23.0 Å². The Kier molecular flexibility index (Phi) is 7.66. The van der Waals surface area contributed by atoms with E-state index in [9.17, 15) is 14.7 Å². The van der Waals surface area contributed by atoms with Gasteiger partial charge in [0, 0.05) is 16.6 Å². The summed E-state index contributed by atoms with van der Waals surface area (Å²) in [4.78, 5) is 34.0. The number of likely N-dealkylation sites (tertiary alicyclic amines) is 1. The number of anilines is 3. The molecule has 1 aliphatic carbocycles. The van der Waals surface area contributed by atoms with Crippen LogP contribution in [0.4, 0.5) is 21.6 Å². The zero-order valence-electron chi connectivity index (χ0n) is 24.6. The summed E-state index contributed by atoms with van der Waals surface area (Å²) in [5, 5.41) is 22.9. The molecule has 1 unspecified atom stereocenters. The van der Waals surface area contributed by atoms with Crippen LogP contribution in [0, 0.1) is 18.2 Å². The van der Waals surface area contributed by atoms with Crippen molar-refractivity contribution < 1.29 is 14.3 Å². The number of piperidine rings is 1. The molecule has 1 aromatic carbocycles. The maximum atomic E-state index is 15.9. The first-order chi connectivity index (χ1) is 20.5. The molecule has 4 aromatic rings. The number of rotatable bonds is 6. The van der Waals surface area contributed by atoms with Gasteiger partial charge in [0.15, 0.2) is 5.82 Å². The smallest absolute Gasteiger partial charge is 0.287 e. The molecule has 4 heterocycles. The number of nitrogens with zero attached hydrogens (tertiary/aromatic N) is 3. The first kappa shape index (κ1) is 29.2. The zero-order chi connectivity index (χ0) is 30.5. The van der Waals surface area contributed by atoms with Gasteiger partial charge in [-0.15, -0.1) is 11.3 Å². The summed E-state index contributed by atoms with van der Waals surface area (Å²) < 4.78 is 15.9. The Morgan fingerprint density at radius 1 is 1.19 bits per heavy atom. The van der Waals surface area contributed by atoms with E-state index >= 15 is 4.39 Å². The van der Waals surface area contributed by atoms with Crippen molar-refractivity contribution in [3.8, 4) is 11.3 Å². The fourth-order valence-corrected chi connectivity index (χ4v) is 7.22. The van der Waals surface area contributed by atoms with Crippen LogP contribution in [0.1, 0.15) is 70.0 Å². The number of pyridine rings is 1. The predicted octanol–water partition coefficient (Wildman–Crippen LogP) is 5.76. The Morgan fingerprint density at radius 2 is 1.95 bits per heavy atom. The molecule has 4 N–H and O–H groups in total. The van der Waals surface area contributed by atoms with Crippen LogP contribution in [0.25, 0.3) is 11.3 Å². The molecule has 0 bridgehead atoms. The van der Waals surface area contributed by atoms with E-state index in [1.807, 2.05) is 32.2 Å². The highest BCUT2D eigenvalue weighted by Gasteiger charge is 2.40. The quantitative estimate of drug-likeness (QED) is 0.221. The van der Waals surface area contributed by atoms with Gasteiger partial charge >= 0.3 is 0 Å². The zero-order valence-corrected chi connectivity index (χ0v) is 25.4. The SMILES string of the molecule is Cc1ccc(-c2cc(Nc3ccc(C4CCN(C)CC4)cn3)c(=O)[nH]n2)c(F)c1NC(=O)c1cc2c(s1)CC(C)(C)C2O. The van der Waals surface area contributed by atoms with Crippen molar-refractivity contribution in [2.75, 3.05) is 30.8 Å². The number of thiophene rings is 1. The van der Waals surface area contributed by atoms with Crippen molar-refractivity contribution >= 4 is 34.4 Å². The first-order valence-corrected chi connectivity index (χ1v) is 15.2. The Labute approximate surface area is 253 Å². The molecule has 1 atom stereocenters. The van der Waals surface area contributed by atoms with Crippen LogP contribution in [-0.2, 0) is 6.42 Å². The third kappa shape index (κ3) is 5.72. The molecular weight excluding hydrogens is 567 g/mol. The van der Waals surface area contributed by atoms with Crippen LogP contribution in [0.2, 0.25) is 0 Å². The number of hydrogen-bond acceptors (Lipinski definition) is 8. The number of aromatic nitrogens is 3. The van der Waals surface area contributed by atoms with Crippen LogP contribution in [0.5, 0.6) is 0 Å². The fraction of sp³-hybridized carbons (Fsp3) is 0.375. The highest BCUT2D eigenvalue weighted by molar-refractivity contribution is 7.14. The number of aliphatic hydroxyl groups is 1. The van der Waals surface area contributed by atoms with Gasteiger partial charge in [0.1, 0.15) is 11.5 Å². The standard InChI is InChI=1S/C32H35FN6O3S/c1-17-5-7-20(27(33)28(17)36-31(42)24-13-21-25(43-24)15-32(2,3)29(21)40)22-14-23(30(41)38-37-22)35-26-8-6-19(16-34-26)18-9-11-39(4)12-10-18/h5-8,13-14,16,18,29,40H,9-12,15H2,1-4H3,(H,36,42)(H,38,41)(H,34,35,37). The monoisotopic (exact) mass is 602 g/mol. The van der Waals surface area contributed by atoms with E-state index in [1.54, 1.807) is 25.1 Å². The van der Waals surface area contributed by atoms with E-state index in [4.69, 9.17) is 0 Å². The third-order valence-corrected chi connectivity index (χ3v) is 9.77. The maximum absolute atomic E-state index is 15.9. The minimum absolute atomic E-state index is 0.0330. The molecule has 1 fully saturated rings. The number of hydrogen-bond donors (Lipinski definition) is 4. The lowest BCUT2D eigenvalue weighted by atomic mass is 9.88. The largest absolute Gasteiger partial charge is 0.388 e. The van der Waals surface area contributed by atoms with Crippen LogP contribution in [0.15, 0.2) is 47.4 Å². The average molecular weight is 603 g/mol. The van der Waals surface area contributed by atoms with Gasteiger partial charge in [-0.3, -0.25) is 9.59 Å². The predicted molar refractivity (Wildman–Crippen MR) is 167 cm³/mol. The number of aromatic amines is 1. The minimum Gasteiger partial charge on any atom is -0.388 e. The number of amides is 1. The second-order valence-electron chi connectivity index (χ2n) is 12.3. The Bertz CT molecular complexity index is 1740. The normalized spacial score (nSPS) is 18.4. The second-order valence-corrected chi connectivity index (χ2v) is 13.4. The highest BCUT2D eigenvalue weighted by Crippen LogP contribution is 2.48. The third-order valence-electron chi connectivity index (χ3n) is 8.62. The topological polar surface area (TPSA) is 123 Å². The molecule has 9 nitrogen and oxygen atoms in total. The van der Waals surface area contributed by atoms with Gasteiger partial charge in [0.05, 0.1) is 22.4 Å².